The van der Waals surface area contributed by atoms with E-state index in [1.165, 1.54) is 30.8 Å². The average Bonchev–Trinajstić information content (AvgIpc) is 2.29. The smallest absolute Gasteiger partial charge is 0.0633 e. The molecule has 1 rings (SSSR count). The van der Waals surface area contributed by atoms with Gasteiger partial charge in [0.2, 0.25) is 0 Å². The average molecular weight is 232 g/mol. The molecule has 90 valence electrons. The maximum atomic E-state index is 5.54. The van der Waals surface area contributed by atoms with Crippen LogP contribution >= 0.6 is 11.8 Å². The first-order chi connectivity index (χ1) is 7.36. The number of nitrogens with one attached hydrogen (secondary N) is 1. The van der Waals surface area contributed by atoms with Crippen molar-refractivity contribution in [1.82, 2.24) is 5.43 Å². The largest absolute Gasteiger partial charge is 0.380 e. The Kier molecular flexibility index (Phi) is 7.44. The van der Waals surface area contributed by atoms with Crippen molar-refractivity contribution in [1.29, 1.82) is 0 Å². The Morgan fingerprint density at radius 2 is 2.20 bits per heavy atom. The fraction of sp³-hybridized carbons (Fsp3) is 1.00. The molecule has 3 N–H and O–H groups in total. The molecule has 15 heavy (non-hydrogen) atoms. The highest BCUT2D eigenvalue weighted by Gasteiger charge is 2.18. The number of nitrogens with two attached hydrogens (primary N) is 1. The van der Waals surface area contributed by atoms with Gasteiger partial charge in [0, 0.05) is 12.6 Å². The van der Waals surface area contributed by atoms with E-state index in [0.29, 0.717) is 6.04 Å². The molecule has 0 saturated carbocycles. The van der Waals surface area contributed by atoms with Gasteiger partial charge in [0.05, 0.1) is 6.61 Å². The monoisotopic (exact) mass is 232 g/mol. The van der Waals surface area contributed by atoms with Gasteiger partial charge in [0.25, 0.3) is 0 Å². The number of ether oxygens (including phenoxy) is 1. The molecular weight excluding hydrogens is 208 g/mol. The van der Waals surface area contributed by atoms with E-state index in [1.54, 1.807) is 0 Å². The zero-order chi connectivity index (χ0) is 10.9. The molecule has 1 aliphatic rings. The summed E-state index contributed by atoms with van der Waals surface area (Å²) in [5, 5.41) is 0. The molecule has 4 heteroatoms. The van der Waals surface area contributed by atoms with Gasteiger partial charge in [-0.25, -0.2) is 0 Å². The molecule has 1 unspecified atom stereocenters. The van der Waals surface area contributed by atoms with Crippen LogP contribution in [0.3, 0.4) is 0 Å². The van der Waals surface area contributed by atoms with Gasteiger partial charge in [-0.2, -0.15) is 11.8 Å². The predicted molar refractivity (Wildman–Crippen MR) is 66.9 cm³/mol. The second kappa shape index (κ2) is 8.39. The molecular formula is C11H24N2OS. The molecule has 0 aromatic rings. The van der Waals surface area contributed by atoms with E-state index in [2.05, 4.69) is 24.1 Å². The highest BCUT2D eigenvalue weighted by atomic mass is 32.2. The molecule has 1 fully saturated rings. The van der Waals surface area contributed by atoms with Crippen molar-refractivity contribution in [2.45, 2.75) is 38.6 Å². The summed E-state index contributed by atoms with van der Waals surface area (Å²) in [5.41, 5.74) is 2.88. The maximum absolute atomic E-state index is 5.54. The number of hydrazine groups is 1. The van der Waals surface area contributed by atoms with Crippen LogP contribution in [0, 0.1) is 5.92 Å². The van der Waals surface area contributed by atoms with Gasteiger partial charge in [-0.1, -0.05) is 6.92 Å². The summed E-state index contributed by atoms with van der Waals surface area (Å²) in [4.78, 5) is 0. The Morgan fingerprint density at radius 1 is 1.47 bits per heavy atom. The van der Waals surface area contributed by atoms with Crippen LogP contribution < -0.4 is 11.3 Å². The molecule has 0 aromatic heterocycles. The van der Waals surface area contributed by atoms with Crippen LogP contribution in [-0.2, 0) is 4.74 Å². The lowest BCUT2D eigenvalue weighted by Gasteiger charge is -2.25. The topological polar surface area (TPSA) is 47.3 Å². The lowest BCUT2D eigenvalue weighted by molar-refractivity contribution is 0.103. The first kappa shape index (κ1) is 13.3. The molecule has 1 heterocycles. The normalized spacial score (nSPS) is 20.4. The molecule has 0 aliphatic carbocycles. The van der Waals surface area contributed by atoms with Crippen LogP contribution in [0.2, 0.25) is 0 Å². The van der Waals surface area contributed by atoms with Gasteiger partial charge in [0.15, 0.2) is 0 Å². The Morgan fingerprint density at radius 3 is 2.80 bits per heavy atom. The summed E-state index contributed by atoms with van der Waals surface area (Å²) in [5.74, 6) is 9.02. The maximum Gasteiger partial charge on any atom is 0.0633 e. The number of thioether (sulfide) groups is 1. The summed E-state index contributed by atoms with van der Waals surface area (Å²) in [6, 6.07) is 0.338. The van der Waals surface area contributed by atoms with Gasteiger partial charge < -0.3 is 4.74 Å². The zero-order valence-electron chi connectivity index (χ0n) is 9.71. The van der Waals surface area contributed by atoms with Crippen LogP contribution in [0.4, 0.5) is 0 Å². The SMILES string of the molecule is CCCOCC(CC1CCSCC1)NN. The Bertz CT molecular complexity index is 152. The molecule has 1 atom stereocenters. The fourth-order valence-corrected chi connectivity index (χ4v) is 3.14. The first-order valence-electron chi connectivity index (χ1n) is 5.98. The third-order valence-corrected chi connectivity index (χ3v) is 3.91. The van der Waals surface area contributed by atoms with Crippen LogP contribution in [0.5, 0.6) is 0 Å². The van der Waals surface area contributed by atoms with E-state index in [-0.39, 0.29) is 0 Å². The van der Waals surface area contributed by atoms with Crippen molar-refractivity contribution < 1.29 is 4.74 Å². The minimum absolute atomic E-state index is 0.338. The van der Waals surface area contributed by atoms with Crippen LogP contribution in [-0.4, -0.2) is 30.8 Å². The van der Waals surface area contributed by atoms with E-state index in [1.807, 2.05) is 0 Å². The summed E-state index contributed by atoms with van der Waals surface area (Å²) >= 11 is 2.07. The lowest BCUT2D eigenvalue weighted by atomic mass is 9.95. The van der Waals surface area contributed by atoms with Crippen molar-refractivity contribution in [2.24, 2.45) is 11.8 Å². The predicted octanol–water partition coefficient (Wildman–Crippen LogP) is 1.78. The number of hydrogen-bond acceptors (Lipinski definition) is 4. The number of rotatable bonds is 7. The molecule has 0 spiro atoms. The molecule has 0 bridgehead atoms. The van der Waals surface area contributed by atoms with Crippen molar-refractivity contribution >= 4 is 11.8 Å². The second-order valence-electron chi connectivity index (χ2n) is 4.23. The first-order valence-corrected chi connectivity index (χ1v) is 7.14. The standard InChI is InChI=1S/C11H24N2OS/c1-2-5-14-9-11(13-12)8-10-3-6-15-7-4-10/h10-11,13H,2-9,12H2,1H3. The molecule has 3 nitrogen and oxygen atoms in total. The van der Waals surface area contributed by atoms with E-state index in [9.17, 15) is 0 Å². The van der Waals surface area contributed by atoms with E-state index in [4.69, 9.17) is 10.6 Å². The highest BCUT2D eigenvalue weighted by molar-refractivity contribution is 7.99. The van der Waals surface area contributed by atoms with E-state index in [0.717, 1.165) is 25.6 Å². The van der Waals surface area contributed by atoms with Crippen molar-refractivity contribution in [3.63, 3.8) is 0 Å². The quantitative estimate of drug-likeness (QED) is 0.399. The van der Waals surface area contributed by atoms with Gasteiger partial charge in [-0.15, -0.1) is 0 Å². The van der Waals surface area contributed by atoms with Crippen molar-refractivity contribution in [3.8, 4) is 0 Å². The van der Waals surface area contributed by atoms with Gasteiger partial charge in [-0.3, -0.25) is 11.3 Å². The number of hydrogen-bond donors (Lipinski definition) is 2. The van der Waals surface area contributed by atoms with Gasteiger partial charge in [0.1, 0.15) is 0 Å². The van der Waals surface area contributed by atoms with Crippen LogP contribution in [0.1, 0.15) is 32.6 Å². The fourth-order valence-electron chi connectivity index (χ4n) is 1.94. The minimum atomic E-state index is 0.338. The van der Waals surface area contributed by atoms with E-state index < -0.39 is 0 Å². The minimum Gasteiger partial charge on any atom is -0.380 e. The summed E-state index contributed by atoms with van der Waals surface area (Å²) in [7, 11) is 0. The molecule has 0 aromatic carbocycles. The molecule has 0 radical (unpaired) electrons. The third-order valence-electron chi connectivity index (χ3n) is 2.86. The third kappa shape index (κ3) is 5.76. The summed E-state index contributed by atoms with van der Waals surface area (Å²) in [6.07, 6.45) is 4.94. The Balaban J connectivity index is 2.13. The zero-order valence-corrected chi connectivity index (χ0v) is 10.5. The second-order valence-corrected chi connectivity index (χ2v) is 5.45. The van der Waals surface area contributed by atoms with Crippen LogP contribution in [0.15, 0.2) is 0 Å². The van der Waals surface area contributed by atoms with Crippen molar-refractivity contribution in [3.05, 3.63) is 0 Å². The lowest BCUT2D eigenvalue weighted by Crippen LogP contribution is -2.40. The van der Waals surface area contributed by atoms with Crippen molar-refractivity contribution in [2.75, 3.05) is 24.7 Å². The van der Waals surface area contributed by atoms with Gasteiger partial charge in [-0.05, 0) is 43.1 Å². The molecule has 1 saturated heterocycles. The summed E-state index contributed by atoms with van der Waals surface area (Å²) in [6.45, 7) is 3.73. The van der Waals surface area contributed by atoms with Gasteiger partial charge >= 0.3 is 0 Å². The molecule has 0 amide bonds. The van der Waals surface area contributed by atoms with Crippen LogP contribution in [0.25, 0.3) is 0 Å². The van der Waals surface area contributed by atoms with E-state index >= 15 is 0 Å². The summed E-state index contributed by atoms with van der Waals surface area (Å²) < 4.78 is 5.53. The highest BCUT2D eigenvalue weighted by Crippen LogP contribution is 2.26. The Hall–Kier alpha value is 0.230. The molecule has 1 aliphatic heterocycles. The Labute approximate surface area is 97.5 Å².